The first-order valence-electron chi connectivity index (χ1n) is 9.99. The monoisotopic (exact) mass is 395 g/mol. The van der Waals surface area contributed by atoms with Crippen LogP contribution in [0.2, 0.25) is 0 Å². The van der Waals surface area contributed by atoms with Gasteiger partial charge in [0.25, 0.3) is 0 Å². The van der Waals surface area contributed by atoms with Crippen molar-refractivity contribution in [1.29, 1.82) is 5.26 Å². The van der Waals surface area contributed by atoms with Crippen LogP contribution in [0, 0.1) is 16.7 Å². The van der Waals surface area contributed by atoms with Crippen molar-refractivity contribution in [2.24, 2.45) is 5.41 Å². The van der Waals surface area contributed by atoms with E-state index in [1.807, 2.05) is 30.5 Å². The Morgan fingerprint density at radius 2 is 1.93 bits per heavy atom. The predicted octanol–water partition coefficient (Wildman–Crippen LogP) is 3.37. The minimum Gasteiger partial charge on any atom is -0.449 e. The molecule has 7 heteroatoms. The van der Waals surface area contributed by atoms with Crippen LogP contribution in [-0.2, 0) is 11.2 Å². The molecule has 0 aliphatic carbocycles. The summed E-state index contributed by atoms with van der Waals surface area (Å²) >= 11 is 0. The summed E-state index contributed by atoms with van der Waals surface area (Å²) in [6.07, 6.45) is 4.13. The second kappa shape index (κ2) is 9.10. The lowest BCUT2D eigenvalue weighted by Crippen LogP contribution is -2.50. The van der Waals surface area contributed by atoms with Crippen molar-refractivity contribution in [3.63, 3.8) is 0 Å². The SMILES string of the molecule is CC(C)(C)COC(=O)N1CCN(C(Cc2ccc(C#N)cc2)c2cnc[nH]2)CC1. The Balaban J connectivity index is 1.63. The van der Waals surface area contributed by atoms with Crippen LogP contribution < -0.4 is 0 Å². The predicted molar refractivity (Wildman–Crippen MR) is 110 cm³/mol. The van der Waals surface area contributed by atoms with Gasteiger partial charge in [0, 0.05) is 32.4 Å². The normalized spacial score (nSPS) is 16.3. The Hall–Kier alpha value is -2.85. The van der Waals surface area contributed by atoms with Crippen LogP contribution in [0.25, 0.3) is 0 Å². The maximum atomic E-state index is 12.3. The number of nitrogens with zero attached hydrogens (tertiary/aromatic N) is 4. The summed E-state index contributed by atoms with van der Waals surface area (Å²) in [6, 6.07) is 10.00. The van der Waals surface area contributed by atoms with Gasteiger partial charge in [-0.05, 0) is 29.5 Å². The van der Waals surface area contributed by atoms with Crippen molar-refractivity contribution in [1.82, 2.24) is 19.8 Å². The second-order valence-electron chi connectivity index (χ2n) is 8.67. The highest BCUT2D eigenvalue weighted by molar-refractivity contribution is 5.67. The highest BCUT2D eigenvalue weighted by atomic mass is 16.6. The van der Waals surface area contributed by atoms with E-state index in [0.717, 1.165) is 30.8 Å². The van der Waals surface area contributed by atoms with E-state index in [1.54, 1.807) is 11.2 Å². The molecule has 1 amide bonds. The number of piperazine rings is 1. The molecule has 2 heterocycles. The quantitative estimate of drug-likeness (QED) is 0.839. The van der Waals surface area contributed by atoms with Gasteiger partial charge < -0.3 is 14.6 Å². The molecule has 1 aliphatic rings. The molecule has 0 spiro atoms. The average Bonchev–Trinajstić information content (AvgIpc) is 3.25. The molecule has 1 N–H and O–H groups in total. The first kappa shape index (κ1) is 20.9. The highest BCUT2D eigenvalue weighted by Crippen LogP contribution is 2.25. The number of nitrogens with one attached hydrogen (secondary N) is 1. The number of aromatic amines is 1. The second-order valence-corrected chi connectivity index (χ2v) is 8.67. The van der Waals surface area contributed by atoms with Crippen LogP contribution in [0.4, 0.5) is 4.79 Å². The molecule has 0 saturated carbocycles. The number of aromatic nitrogens is 2. The fourth-order valence-electron chi connectivity index (χ4n) is 3.41. The van der Waals surface area contributed by atoms with E-state index >= 15 is 0 Å². The Morgan fingerprint density at radius 1 is 1.24 bits per heavy atom. The molecule has 1 aromatic carbocycles. The zero-order valence-corrected chi connectivity index (χ0v) is 17.4. The van der Waals surface area contributed by atoms with Crippen molar-refractivity contribution < 1.29 is 9.53 Å². The standard InChI is InChI=1S/C22H29N5O2/c1-22(2,3)15-29-21(28)27-10-8-26(9-11-27)20(19-14-24-16-25-19)12-17-4-6-18(13-23)7-5-17/h4-7,14,16,20H,8-12,15H2,1-3H3,(H,24,25). The third kappa shape index (κ3) is 5.81. The highest BCUT2D eigenvalue weighted by Gasteiger charge is 2.29. The van der Waals surface area contributed by atoms with E-state index in [2.05, 4.69) is 41.7 Å². The molecule has 1 fully saturated rings. The van der Waals surface area contributed by atoms with E-state index in [1.165, 1.54) is 0 Å². The molecule has 1 unspecified atom stereocenters. The number of carbonyl (C=O) groups is 1. The van der Waals surface area contributed by atoms with Crippen molar-refractivity contribution >= 4 is 6.09 Å². The van der Waals surface area contributed by atoms with Crippen molar-refractivity contribution in [2.45, 2.75) is 33.2 Å². The summed E-state index contributed by atoms with van der Waals surface area (Å²) in [5.41, 5.74) is 2.84. The summed E-state index contributed by atoms with van der Waals surface area (Å²) in [6.45, 7) is 9.39. The minimum atomic E-state index is -0.232. The summed E-state index contributed by atoms with van der Waals surface area (Å²) in [4.78, 5) is 23.9. The minimum absolute atomic E-state index is 0.0374. The summed E-state index contributed by atoms with van der Waals surface area (Å²) < 4.78 is 5.46. The van der Waals surface area contributed by atoms with Gasteiger partial charge in [0.1, 0.15) is 0 Å². The summed E-state index contributed by atoms with van der Waals surface area (Å²) in [7, 11) is 0. The Morgan fingerprint density at radius 3 is 2.48 bits per heavy atom. The number of amides is 1. The molecular formula is C22H29N5O2. The topological polar surface area (TPSA) is 85.2 Å². The van der Waals surface area contributed by atoms with Crippen LogP contribution >= 0.6 is 0 Å². The van der Waals surface area contributed by atoms with Gasteiger partial charge in [0.2, 0.25) is 0 Å². The summed E-state index contributed by atoms with van der Waals surface area (Å²) in [5.74, 6) is 0. The Bertz CT molecular complexity index is 826. The fourth-order valence-corrected chi connectivity index (χ4v) is 3.41. The van der Waals surface area contributed by atoms with Gasteiger partial charge in [0.05, 0.1) is 36.3 Å². The maximum absolute atomic E-state index is 12.3. The number of nitriles is 1. The molecular weight excluding hydrogens is 366 g/mol. The molecule has 7 nitrogen and oxygen atoms in total. The lowest BCUT2D eigenvalue weighted by molar-refractivity contribution is 0.0457. The lowest BCUT2D eigenvalue weighted by atomic mass is 9.99. The third-order valence-corrected chi connectivity index (χ3v) is 5.03. The van der Waals surface area contributed by atoms with Gasteiger partial charge in [-0.15, -0.1) is 0 Å². The molecule has 1 saturated heterocycles. The molecule has 0 bridgehead atoms. The van der Waals surface area contributed by atoms with Gasteiger partial charge >= 0.3 is 6.09 Å². The smallest absolute Gasteiger partial charge is 0.409 e. The van der Waals surface area contributed by atoms with Crippen LogP contribution in [0.3, 0.4) is 0 Å². The molecule has 3 rings (SSSR count). The van der Waals surface area contributed by atoms with E-state index in [-0.39, 0.29) is 17.6 Å². The van der Waals surface area contributed by atoms with E-state index in [4.69, 9.17) is 10.00 Å². The third-order valence-electron chi connectivity index (χ3n) is 5.03. The van der Waals surface area contributed by atoms with Crippen LogP contribution in [-0.4, -0.2) is 58.6 Å². The summed E-state index contributed by atoms with van der Waals surface area (Å²) in [5, 5.41) is 9.00. The molecule has 154 valence electrons. The number of imidazole rings is 1. The zero-order valence-electron chi connectivity index (χ0n) is 17.4. The van der Waals surface area contributed by atoms with Crippen molar-refractivity contribution in [3.05, 3.63) is 53.6 Å². The van der Waals surface area contributed by atoms with Gasteiger partial charge in [-0.3, -0.25) is 4.90 Å². The van der Waals surface area contributed by atoms with Crippen LogP contribution in [0.5, 0.6) is 0 Å². The number of hydrogen-bond acceptors (Lipinski definition) is 5. The average molecular weight is 396 g/mol. The first-order valence-corrected chi connectivity index (χ1v) is 9.99. The van der Waals surface area contributed by atoms with Gasteiger partial charge in [-0.25, -0.2) is 9.78 Å². The first-order chi connectivity index (χ1) is 13.9. The van der Waals surface area contributed by atoms with E-state index in [0.29, 0.717) is 25.3 Å². The van der Waals surface area contributed by atoms with Gasteiger partial charge in [-0.2, -0.15) is 5.26 Å². The van der Waals surface area contributed by atoms with E-state index < -0.39 is 0 Å². The lowest BCUT2D eigenvalue weighted by Gasteiger charge is -2.38. The maximum Gasteiger partial charge on any atom is 0.409 e. The molecule has 29 heavy (non-hydrogen) atoms. The molecule has 1 atom stereocenters. The van der Waals surface area contributed by atoms with Gasteiger partial charge in [-0.1, -0.05) is 32.9 Å². The molecule has 1 aliphatic heterocycles. The zero-order chi connectivity index (χ0) is 20.9. The number of hydrogen-bond donors (Lipinski definition) is 1. The number of benzene rings is 1. The van der Waals surface area contributed by atoms with Crippen LogP contribution in [0.1, 0.15) is 43.6 Å². The number of rotatable bonds is 5. The molecule has 1 aromatic heterocycles. The Labute approximate surface area is 172 Å². The Kier molecular flexibility index (Phi) is 6.55. The number of ether oxygens (including phenoxy) is 1. The van der Waals surface area contributed by atoms with Gasteiger partial charge in [0.15, 0.2) is 0 Å². The van der Waals surface area contributed by atoms with Crippen molar-refractivity contribution in [3.8, 4) is 6.07 Å². The van der Waals surface area contributed by atoms with Crippen LogP contribution in [0.15, 0.2) is 36.8 Å². The molecule has 2 aromatic rings. The number of H-pyrrole nitrogens is 1. The number of carbonyl (C=O) groups excluding carboxylic acids is 1. The molecule has 0 radical (unpaired) electrons. The fraction of sp³-hybridized carbons (Fsp3) is 0.500. The largest absolute Gasteiger partial charge is 0.449 e. The van der Waals surface area contributed by atoms with Crippen molar-refractivity contribution in [2.75, 3.05) is 32.8 Å². The van der Waals surface area contributed by atoms with E-state index in [9.17, 15) is 4.79 Å².